The van der Waals surface area contributed by atoms with E-state index in [1.807, 2.05) is 6.92 Å². The molecule has 1 saturated heterocycles. The Labute approximate surface area is 101 Å². The molecule has 3 rings (SSSR count). The summed E-state index contributed by atoms with van der Waals surface area (Å²) in [6.45, 7) is 4.80. The summed E-state index contributed by atoms with van der Waals surface area (Å²) in [6.07, 6.45) is 1.49. The van der Waals surface area contributed by atoms with Gasteiger partial charge in [0.1, 0.15) is 0 Å². The fraction of sp³-hybridized carbons (Fsp3) is 0.538. The molecule has 0 bridgehead atoms. The third-order valence-corrected chi connectivity index (χ3v) is 4.26. The minimum Gasteiger partial charge on any atom is -0.373 e. The number of aryl methyl sites for hydroxylation is 1. The molecule has 2 heterocycles. The number of fused-ring (bicyclic) bond motifs is 3. The minimum atomic E-state index is 0.382. The molecule has 1 aromatic rings. The Morgan fingerprint density at radius 2 is 2.31 bits per heavy atom. The van der Waals surface area contributed by atoms with Crippen LogP contribution in [0.25, 0.3) is 0 Å². The number of benzene rings is 1. The van der Waals surface area contributed by atoms with Crippen LogP contribution in [0.3, 0.4) is 0 Å². The van der Waals surface area contributed by atoms with Gasteiger partial charge >= 0.3 is 0 Å². The van der Waals surface area contributed by atoms with Crippen molar-refractivity contribution in [3.05, 3.63) is 33.8 Å². The first-order valence-corrected chi connectivity index (χ1v) is 6.25. The molecule has 0 radical (unpaired) electrons. The first kappa shape index (κ1) is 10.6. The van der Waals surface area contributed by atoms with E-state index in [0.29, 0.717) is 18.6 Å². The summed E-state index contributed by atoms with van der Waals surface area (Å²) >= 11 is 6.34. The number of hydrogen-bond donors (Lipinski definition) is 1. The molecule has 2 aliphatic heterocycles. The predicted octanol–water partition coefficient (Wildman–Crippen LogP) is 2.62. The molecule has 2 atom stereocenters. The van der Waals surface area contributed by atoms with Crippen molar-refractivity contribution in [3.8, 4) is 0 Å². The molecule has 0 saturated carbocycles. The Balaban J connectivity index is 2.05. The molecular weight excluding hydrogens is 222 g/mol. The van der Waals surface area contributed by atoms with Crippen LogP contribution in [-0.2, 0) is 11.3 Å². The monoisotopic (exact) mass is 237 g/mol. The van der Waals surface area contributed by atoms with E-state index in [2.05, 4.69) is 17.4 Å². The van der Waals surface area contributed by atoms with Crippen LogP contribution in [-0.4, -0.2) is 19.2 Å². The zero-order valence-corrected chi connectivity index (χ0v) is 10.2. The molecule has 2 unspecified atom stereocenters. The molecule has 3 heteroatoms. The van der Waals surface area contributed by atoms with Crippen molar-refractivity contribution in [1.82, 2.24) is 5.32 Å². The summed E-state index contributed by atoms with van der Waals surface area (Å²) in [5.41, 5.74) is 3.73. The van der Waals surface area contributed by atoms with Gasteiger partial charge in [-0.05, 0) is 31.0 Å². The fourth-order valence-corrected chi connectivity index (χ4v) is 3.01. The van der Waals surface area contributed by atoms with Crippen LogP contribution >= 0.6 is 11.6 Å². The van der Waals surface area contributed by atoms with E-state index in [1.165, 1.54) is 11.1 Å². The summed E-state index contributed by atoms with van der Waals surface area (Å²) in [5, 5.41) is 4.33. The maximum atomic E-state index is 6.34. The highest BCUT2D eigenvalue weighted by molar-refractivity contribution is 6.32. The van der Waals surface area contributed by atoms with E-state index in [1.54, 1.807) is 0 Å². The highest BCUT2D eigenvalue weighted by Gasteiger charge is 2.33. The van der Waals surface area contributed by atoms with Crippen LogP contribution in [0, 0.1) is 6.92 Å². The second kappa shape index (κ2) is 4.02. The number of nitrogens with one attached hydrogen (secondary N) is 1. The average Bonchev–Trinajstić information content (AvgIpc) is 2.33. The number of rotatable bonds is 0. The molecule has 1 N–H and O–H groups in total. The Morgan fingerprint density at radius 1 is 1.44 bits per heavy atom. The van der Waals surface area contributed by atoms with Gasteiger partial charge in [0.05, 0.1) is 12.7 Å². The topological polar surface area (TPSA) is 21.3 Å². The molecule has 2 nitrogen and oxygen atoms in total. The van der Waals surface area contributed by atoms with E-state index in [4.69, 9.17) is 16.3 Å². The third kappa shape index (κ3) is 1.56. The molecule has 0 aromatic heterocycles. The lowest BCUT2D eigenvalue weighted by Crippen LogP contribution is -2.42. The second-order valence-corrected chi connectivity index (χ2v) is 5.09. The first-order valence-electron chi connectivity index (χ1n) is 5.87. The molecule has 86 valence electrons. The zero-order chi connectivity index (χ0) is 11.1. The van der Waals surface area contributed by atoms with Gasteiger partial charge in [0.25, 0.3) is 0 Å². The zero-order valence-electron chi connectivity index (χ0n) is 9.42. The average molecular weight is 238 g/mol. The molecular formula is C13H16ClNO. The number of ether oxygens (including phenoxy) is 1. The lowest BCUT2D eigenvalue weighted by molar-refractivity contribution is -0.00677. The number of piperidine rings is 1. The van der Waals surface area contributed by atoms with Gasteiger partial charge in [-0.15, -0.1) is 0 Å². The van der Waals surface area contributed by atoms with Crippen molar-refractivity contribution in [2.75, 3.05) is 13.1 Å². The van der Waals surface area contributed by atoms with Gasteiger partial charge in [-0.1, -0.05) is 23.7 Å². The SMILES string of the molecule is Cc1ccc2c(c1Cl)COC1CCNCC21. The van der Waals surface area contributed by atoms with Crippen molar-refractivity contribution < 1.29 is 4.74 Å². The fourth-order valence-electron chi connectivity index (χ4n) is 2.78. The summed E-state index contributed by atoms with van der Waals surface area (Å²) in [7, 11) is 0. The summed E-state index contributed by atoms with van der Waals surface area (Å²) in [6, 6.07) is 4.35. The summed E-state index contributed by atoms with van der Waals surface area (Å²) < 4.78 is 5.92. The third-order valence-electron chi connectivity index (χ3n) is 3.73. The van der Waals surface area contributed by atoms with Gasteiger partial charge in [-0.2, -0.15) is 0 Å². The quantitative estimate of drug-likeness (QED) is 0.749. The van der Waals surface area contributed by atoms with Crippen LogP contribution in [0.4, 0.5) is 0 Å². The van der Waals surface area contributed by atoms with Crippen molar-refractivity contribution in [2.45, 2.75) is 32.0 Å². The van der Waals surface area contributed by atoms with Gasteiger partial charge < -0.3 is 10.1 Å². The van der Waals surface area contributed by atoms with E-state index >= 15 is 0 Å². The second-order valence-electron chi connectivity index (χ2n) is 4.71. The molecule has 0 aliphatic carbocycles. The van der Waals surface area contributed by atoms with Gasteiger partial charge in [-0.3, -0.25) is 0 Å². The normalized spacial score (nSPS) is 28.4. The molecule has 1 fully saturated rings. The highest BCUT2D eigenvalue weighted by atomic mass is 35.5. The molecule has 2 aliphatic rings. The van der Waals surface area contributed by atoms with Crippen molar-refractivity contribution >= 4 is 11.6 Å². The first-order chi connectivity index (χ1) is 7.77. The number of hydrogen-bond acceptors (Lipinski definition) is 2. The van der Waals surface area contributed by atoms with Crippen molar-refractivity contribution in [1.29, 1.82) is 0 Å². The Bertz CT molecular complexity index is 419. The largest absolute Gasteiger partial charge is 0.373 e. The standard InChI is InChI=1S/C13H16ClNO/c1-8-2-3-9-10-6-15-5-4-12(10)16-7-11(9)13(8)14/h2-3,10,12,15H,4-7H2,1H3. The van der Waals surface area contributed by atoms with Crippen LogP contribution in [0.2, 0.25) is 5.02 Å². The molecule has 0 amide bonds. The number of halogens is 1. The van der Waals surface area contributed by atoms with E-state index in [9.17, 15) is 0 Å². The van der Waals surface area contributed by atoms with Crippen molar-refractivity contribution in [2.24, 2.45) is 0 Å². The van der Waals surface area contributed by atoms with Gasteiger partial charge in [0, 0.05) is 23.0 Å². The molecule has 0 spiro atoms. The highest BCUT2D eigenvalue weighted by Crippen LogP contribution is 2.38. The van der Waals surface area contributed by atoms with Crippen LogP contribution in [0.1, 0.15) is 29.0 Å². The molecule has 1 aromatic carbocycles. The molecule has 16 heavy (non-hydrogen) atoms. The van der Waals surface area contributed by atoms with Crippen LogP contribution in [0.5, 0.6) is 0 Å². The van der Waals surface area contributed by atoms with Crippen molar-refractivity contribution in [3.63, 3.8) is 0 Å². The van der Waals surface area contributed by atoms with Gasteiger partial charge in [0.15, 0.2) is 0 Å². The Kier molecular flexibility index (Phi) is 2.66. The smallest absolute Gasteiger partial charge is 0.0738 e. The maximum Gasteiger partial charge on any atom is 0.0738 e. The van der Waals surface area contributed by atoms with E-state index in [0.717, 1.165) is 30.1 Å². The maximum absolute atomic E-state index is 6.34. The lowest BCUT2D eigenvalue weighted by atomic mass is 9.83. The summed E-state index contributed by atoms with van der Waals surface area (Å²) in [4.78, 5) is 0. The van der Waals surface area contributed by atoms with E-state index < -0.39 is 0 Å². The van der Waals surface area contributed by atoms with Gasteiger partial charge in [0.2, 0.25) is 0 Å². The Morgan fingerprint density at radius 3 is 3.19 bits per heavy atom. The lowest BCUT2D eigenvalue weighted by Gasteiger charge is -2.38. The van der Waals surface area contributed by atoms with Crippen LogP contribution in [0.15, 0.2) is 12.1 Å². The van der Waals surface area contributed by atoms with Crippen LogP contribution < -0.4 is 5.32 Å². The van der Waals surface area contributed by atoms with Gasteiger partial charge in [-0.25, -0.2) is 0 Å². The predicted molar refractivity (Wildman–Crippen MR) is 65.0 cm³/mol. The minimum absolute atomic E-state index is 0.382. The summed E-state index contributed by atoms with van der Waals surface area (Å²) in [5.74, 6) is 0.482. The van der Waals surface area contributed by atoms with E-state index in [-0.39, 0.29) is 0 Å². The Hall–Kier alpha value is -0.570.